The van der Waals surface area contributed by atoms with Crippen molar-refractivity contribution in [2.24, 2.45) is 5.73 Å². The van der Waals surface area contributed by atoms with Gasteiger partial charge in [0.1, 0.15) is 11.4 Å². The Morgan fingerprint density at radius 3 is 2.90 bits per heavy atom. The van der Waals surface area contributed by atoms with Crippen LogP contribution in [-0.4, -0.2) is 24.8 Å². The molecule has 0 fully saturated rings. The largest absolute Gasteiger partial charge is 0.493 e. The smallest absolute Gasteiger partial charge is 0.408 e. The Morgan fingerprint density at radius 1 is 1.50 bits per heavy atom. The normalized spacial score (nSPS) is 15.2. The van der Waals surface area contributed by atoms with Crippen molar-refractivity contribution in [2.45, 2.75) is 38.8 Å². The Labute approximate surface area is 119 Å². The van der Waals surface area contributed by atoms with Gasteiger partial charge >= 0.3 is 6.09 Å². The van der Waals surface area contributed by atoms with E-state index in [0.717, 1.165) is 23.3 Å². The number of para-hydroxylation sites is 1. The van der Waals surface area contributed by atoms with Gasteiger partial charge in [0.25, 0.3) is 0 Å². The van der Waals surface area contributed by atoms with Crippen molar-refractivity contribution >= 4 is 6.09 Å². The van der Waals surface area contributed by atoms with Crippen molar-refractivity contribution in [1.82, 2.24) is 5.32 Å². The van der Waals surface area contributed by atoms with E-state index in [2.05, 4.69) is 5.32 Å². The second-order valence-electron chi connectivity index (χ2n) is 5.87. The zero-order valence-corrected chi connectivity index (χ0v) is 12.2. The Kier molecular flexibility index (Phi) is 4.18. The van der Waals surface area contributed by atoms with E-state index in [1.807, 2.05) is 39.0 Å². The molecule has 5 nitrogen and oxygen atoms in total. The Morgan fingerprint density at radius 2 is 2.25 bits per heavy atom. The van der Waals surface area contributed by atoms with E-state index in [1.165, 1.54) is 0 Å². The summed E-state index contributed by atoms with van der Waals surface area (Å²) in [6.07, 6.45) is 0.427. The third-order valence-electron chi connectivity index (χ3n) is 3.05. The summed E-state index contributed by atoms with van der Waals surface area (Å²) in [7, 11) is 0. The third-order valence-corrected chi connectivity index (χ3v) is 3.05. The first-order valence-corrected chi connectivity index (χ1v) is 6.85. The second-order valence-corrected chi connectivity index (χ2v) is 5.87. The number of nitrogens with two attached hydrogens (primary N) is 1. The number of hydrogen-bond donors (Lipinski definition) is 2. The first kappa shape index (κ1) is 14.7. The molecule has 1 aliphatic heterocycles. The maximum Gasteiger partial charge on any atom is 0.408 e. The fourth-order valence-corrected chi connectivity index (χ4v) is 2.23. The SMILES string of the molecule is CC(C)(C)OC(=O)NC(CN)c1cccc2c1OCC2. The topological polar surface area (TPSA) is 73.6 Å². The highest BCUT2D eigenvalue weighted by Crippen LogP contribution is 2.33. The summed E-state index contributed by atoms with van der Waals surface area (Å²) in [6, 6.07) is 5.62. The minimum Gasteiger partial charge on any atom is -0.493 e. The molecule has 0 saturated carbocycles. The van der Waals surface area contributed by atoms with E-state index in [0.29, 0.717) is 13.2 Å². The van der Waals surface area contributed by atoms with Crippen LogP contribution < -0.4 is 15.8 Å². The molecular weight excluding hydrogens is 256 g/mol. The van der Waals surface area contributed by atoms with Crippen molar-refractivity contribution in [3.05, 3.63) is 29.3 Å². The van der Waals surface area contributed by atoms with E-state index >= 15 is 0 Å². The molecule has 0 spiro atoms. The van der Waals surface area contributed by atoms with Gasteiger partial charge in [-0.2, -0.15) is 0 Å². The van der Waals surface area contributed by atoms with Crippen molar-refractivity contribution in [2.75, 3.05) is 13.2 Å². The molecule has 2 rings (SSSR count). The lowest BCUT2D eigenvalue weighted by Crippen LogP contribution is -2.37. The number of benzene rings is 1. The maximum atomic E-state index is 11.9. The second kappa shape index (κ2) is 5.71. The Bertz CT molecular complexity index is 494. The van der Waals surface area contributed by atoms with Gasteiger partial charge in [-0.25, -0.2) is 4.79 Å². The fraction of sp³-hybridized carbons (Fsp3) is 0.533. The molecule has 110 valence electrons. The lowest BCUT2D eigenvalue weighted by Gasteiger charge is -2.24. The van der Waals surface area contributed by atoms with Crippen LogP contribution in [0.4, 0.5) is 4.79 Å². The lowest BCUT2D eigenvalue weighted by atomic mass is 10.0. The summed E-state index contributed by atoms with van der Waals surface area (Å²) in [4.78, 5) is 11.9. The van der Waals surface area contributed by atoms with E-state index < -0.39 is 11.7 Å². The number of fused-ring (bicyclic) bond motifs is 1. The zero-order valence-electron chi connectivity index (χ0n) is 12.2. The maximum absolute atomic E-state index is 11.9. The fourth-order valence-electron chi connectivity index (χ4n) is 2.23. The molecule has 1 aromatic carbocycles. The van der Waals surface area contributed by atoms with Crippen LogP contribution in [0.1, 0.15) is 37.9 Å². The molecule has 1 aliphatic rings. The Hall–Kier alpha value is -1.75. The molecule has 20 heavy (non-hydrogen) atoms. The monoisotopic (exact) mass is 278 g/mol. The number of carbonyl (C=O) groups excluding carboxylic acids is 1. The average molecular weight is 278 g/mol. The molecule has 1 unspecified atom stereocenters. The molecule has 1 aromatic rings. The summed E-state index contributed by atoms with van der Waals surface area (Å²) in [6.45, 7) is 6.45. The third kappa shape index (κ3) is 3.42. The molecule has 0 aliphatic carbocycles. The standard InChI is InChI=1S/C15H22N2O3/c1-15(2,3)20-14(18)17-12(9-16)11-6-4-5-10-7-8-19-13(10)11/h4-6,12H,7-9,16H2,1-3H3,(H,17,18). The van der Waals surface area contributed by atoms with Crippen LogP contribution in [0.15, 0.2) is 18.2 Å². The molecule has 1 atom stereocenters. The molecule has 5 heteroatoms. The van der Waals surface area contributed by atoms with Gasteiger partial charge in [0.05, 0.1) is 12.6 Å². The minimum atomic E-state index is -0.529. The summed E-state index contributed by atoms with van der Waals surface area (Å²) in [5.74, 6) is 0.846. The zero-order chi connectivity index (χ0) is 14.8. The number of ether oxygens (including phenoxy) is 2. The van der Waals surface area contributed by atoms with Gasteiger partial charge in [0, 0.05) is 18.5 Å². The van der Waals surface area contributed by atoms with Gasteiger partial charge in [-0.1, -0.05) is 18.2 Å². The lowest BCUT2D eigenvalue weighted by molar-refractivity contribution is 0.0505. The predicted octanol–water partition coefficient (Wildman–Crippen LogP) is 2.15. The quantitative estimate of drug-likeness (QED) is 0.888. The van der Waals surface area contributed by atoms with Crippen LogP contribution in [0.2, 0.25) is 0 Å². The molecular formula is C15H22N2O3. The summed E-state index contributed by atoms with van der Waals surface area (Å²) in [5.41, 5.74) is 7.33. The molecule has 0 saturated heterocycles. The number of rotatable bonds is 3. The van der Waals surface area contributed by atoms with Gasteiger partial charge in [0.15, 0.2) is 0 Å². The van der Waals surface area contributed by atoms with Gasteiger partial charge in [-0.05, 0) is 26.3 Å². The molecule has 1 heterocycles. The minimum absolute atomic E-state index is 0.291. The van der Waals surface area contributed by atoms with Gasteiger partial charge in [-0.3, -0.25) is 0 Å². The summed E-state index contributed by atoms with van der Waals surface area (Å²) in [5, 5.41) is 2.80. The van der Waals surface area contributed by atoms with Crippen LogP contribution in [0.3, 0.4) is 0 Å². The molecule has 0 aromatic heterocycles. The predicted molar refractivity (Wildman–Crippen MR) is 76.8 cm³/mol. The Balaban J connectivity index is 2.13. The highest BCUT2D eigenvalue weighted by atomic mass is 16.6. The highest BCUT2D eigenvalue weighted by Gasteiger charge is 2.24. The number of nitrogens with one attached hydrogen (secondary N) is 1. The number of carbonyl (C=O) groups is 1. The van der Waals surface area contributed by atoms with Gasteiger partial charge in [-0.15, -0.1) is 0 Å². The first-order chi connectivity index (χ1) is 9.40. The van der Waals surface area contributed by atoms with Crippen molar-refractivity contribution in [1.29, 1.82) is 0 Å². The van der Waals surface area contributed by atoms with Crippen LogP contribution in [0, 0.1) is 0 Å². The van der Waals surface area contributed by atoms with Crippen molar-refractivity contribution < 1.29 is 14.3 Å². The molecule has 0 radical (unpaired) electrons. The number of alkyl carbamates (subject to hydrolysis) is 1. The van der Waals surface area contributed by atoms with Crippen LogP contribution >= 0.6 is 0 Å². The van der Waals surface area contributed by atoms with Gasteiger partial charge < -0.3 is 20.5 Å². The van der Waals surface area contributed by atoms with Crippen LogP contribution in [0.25, 0.3) is 0 Å². The molecule has 3 N–H and O–H groups in total. The van der Waals surface area contributed by atoms with Gasteiger partial charge in [0.2, 0.25) is 0 Å². The average Bonchev–Trinajstić information content (AvgIpc) is 2.81. The van der Waals surface area contributed by atoms with Crippen LogP contribution in [-0.2, 0) is 11.2 Å². The van der Waals surface area contributed by atoms with E-state index in [-0.39, 0.29) is 6.04 Å². The van der Waals surface area contributed by atoms with E-state index in [9.17, 15) is 4.79 Å². The van der Waals surface area contributed by atoms with Crippen molar-refractivity contribution in [3.63, 3.8) is 0 Å². The van der Waals surface area contributed by atoms with E-state index in [4.69, 9.17) is 15.2 Å². The number of amides is 1. The first-order valence-electron chi connectivity index (χ1n) is 6.85. The van der Waals surface area contributed by atoms with Crippen LogP contribution in [0.5, 0.6) is 5.75 Å². The summed E-state index contributed by atoms with van der Waals surface area (Å²) < 4.78 is 10.9. The molecule has 0 bridgehead atoms. The number of hydrogen-bond acceptors (Lipinski definition) is 4. The van der Waals surface area contributed by atoms with E-state index in [1.54, 1.807) is 0 Å². The summed E-state index contributed by atoms with van der Waals surface area (Å²) >= 11 is 0. The van der Waals surface area contributed by atoms with Crippen molar-refractivity contribution in [3.8, 4) is 5.75 Å². The highest BCUT2D eigenvalue weighted by molar-refractivity contribution is 5.69. The molecule has 1 amide bonds.